The van der Waals surface area contributed by atoms with Crippen molar-refractivity contribution in [2.24, 2.45) is 11.8 Å². The van der Waals surface area contributed by atoms with E-state index in [0.717, 1.165) is 0 Å². The summed E-state index contributed by atoms with van der Waals surface area (Å²) in [5.74, 6) is -0.454. The summed E-state index contributed by atoms with van der Waals surface area (Å²) in [6.45, 7) is 6.08. The zero-order valence-corrected chi connectivity index (χ0v) is 11.2. The molecule has 0 aromatic carbocycles. The van der Waals surface area contributed by atoms with E-state index in [9.17, 15) is 9.90 Å². The highest BCUT2D eigenvalue weighted by molar-refractivity contribution is 5.69. The second-order valence-electron chi connectivity index (χ2n) is 4.76. The zero-order chi connectivity index (χ0) is 13.7. The molecular weight excluding hydrogens is 236 g/mol. The molecule has 0 aliphatic carbocycles. The molecule has 0 aliphatic heterocycles. The van der Waals surface area contributed by atoms with Gasteiger partial charge in [0.25, 0.3) is 0 Å². The number of rotatable bonds is 7. The molecule has 1 aromatic heterocycles. The number of carboxylic acids is 1. The van der Waals surface area contributed by atoms with Crippen LogP contribution >= 0.6 is 0 Å². The molecule has 0 bridgehead atoms. The standard InChI is InChI=1S/C11H20N4O3/c1-7(2)5-9(11(16)17)6-15-10(8(3)18-4)12-13-14-15/h7-9H,5-6H2,1-4H3,(H,16,17). The lowest BCUT2D eigenvalue weighted by molar-refractivity contribution is -0.143. The number of methoxy groups -OCH3 is 1. The molecule has 18 heavy (non-hydrogen) atoms. The van der Waals surface area contributed by atoms with E-state index in [1.54, 1.807) is 7.11 Å². The van der Waals surface area contributed by atoms with Crippen molar-refractivity contribution in [2.75, 3.05) is 7.11 Å². The molecule has 1 rings (SSSR count). The van der Waals surface area contributed by atoms with Gasteiger partial charge in [0.15, 0.2) is 5.82 Å². The second kappa shape index (κ2) is 6.44. The number of tetrazole rings is 1. The Morgan fingerprint density at radius 3 is 2.61 bits per heavy atom. The number of ether oxygens (including phenoxy) is 1. The van der Waals surface area contributed by atoms with Crippen LogP contribution in [-0.4, -0.2) is 38.4 Å². The monoisotopic (exact) mass is 256 g/mol. The predicted molar refractivity (Wildman–Crippen MR) is 63.8 cm³/mol. The van der Waals surface area contributed by atoms with Crippen molar-refractivity contribution < 1.29 is 14.6 Å². The van der Waals surface area contributed by atoms with Crippen molar-refractivity contribution in [1.82, 2.24) is 20.2 Å². The molecule has 0 saturated heterocycles. The van der Waals surface area contributed by atoms with Gasteiger partial charge >= 0.3 is 5.97 Å². The first kappa shape index (κ1) is 14.6. The third-order valence-electron chi connectivity index (χ3n) is 2.78. The number of hydrogen-bond donors (Lipinski definition) is 1. The summed E-state index contributed by atoms with van der Waals surface area (Å²) >= 11 is 0. The van der Waals surface area contributed by atoms with E-state index in [4.69, 9.17) is 4.74 Å². The normalized spacial score (nSPS) is 14.7. The molecule has 1 aromatic rings. The number of aliphatic carboxylic acids is 1. The molecule has 7 nitrogen and oxygen atoms in total. The summed E-state index contributed by atoms with van der Waals surface area (Å²) in [4.78, 5) is 11.2. The van der Waals surface area contributed by atoms with Gasteiger partial charge in [-0.2, -0.15) is 0 Å². The first-order valence-electron chi connectivity index (χ1n) is 5.97. The van der Waals surface area contributed by atoms with Gasteiger partial charge in [-0.05, 0) is 29.7 Å². The maximum absolute atomic E-state index is 11.2. The smallest absolute Gasteiger partial charge is 0.308 e. The Kier molecular flexibility index (Phi) is 5.21. The van der Waals surface area contributed by atoms with Gasteiger partial charge in [-0.25, -0.2) is 4.68 Å². The van der Waals surface area contributed by atoms with Crippen LogP contribution in [-0.2, 0) is 16.1 Å². The number of nitrogens with zero attached hydrogens (tertiary/aromatic N) is 4. The summed E-state index contributed by atoms with van der Waals surface area (Å²) in [7, 11) is 1.56. The third kappa shape index (κ3) is 3.76. The highest BCUT2D eigenvalue weighted by atomic mass is 16.5. The third-order valence-corrected chi connectivity index (χ3v) is 2.78. The van der Waals surface area contributed by atoms with Crippen LogP contribution < -0.4 is 0 Å². The van der Waals surface area contributed by atoms with Crippen molar-refractivity contribution in [2.45, 2.75) is 39.8 Å². The van der Waals surface area contributed by atoms with E-state index in [2.05, 4.69) is 15.5 Å². The lowest BCUT2D eigenvalue weighted by atomic mass is 9.97. The quantitative estimate of drug-likeness (QED) is 0.786. The van der Waals surface area contributed by atoms with Gasteiger partial charge < -0.3 is 9.84 Å². The predicted octanol–water partition coefficient (Wildman–Crippen LogP) is 1.13. The molecule has 0 radical (unpaired) electrons. The van der Waals surface area contributed by atoms with Crippen molar-refractivity contribution in [3.8, 4) is 0 Å². The van der Waals surface area contributed by atoms with Crippen LogP contribution in [0.15, 0.2) is 0 Å². The molecule has 0 amide bonds. The van der Waals surface area contributed by atoms with E-state index in [-0.39, 0.29) is 12.6 Å². The molecule has 0 spiro atoms. The molecule has 0 aliphatic rings. The Morgan fingerprint density at radius 2 is 2.11 bits per heavy atom. The number of carboxylic acid groups (broad SMARTS) is 1. The Balaban J connectivity index is 2.81. The summed E-state index contributed by atoms with van der Waals surface area (Å²) in [6.07, 6.45) is 0.337. The lowest BCUT2D eigenvalue weighted by Gasteiger charge is -2.16. The Morgan fingerprint density at radius 1 is 1.44 bits per heavy atom. The minimum atomic E-state index is -0.824. The largest absolute Gasteiger partial charge is 0.481 e. The van der Waals surface area contributed by atoms with Crippen LogP contribution in [0.4, 0.5) is 0 Å². The Labute approximate surface area is 106 Å². The average molecular weight is 256 g/mol. The van der Waals surface area contributed by atoms with E-state index >= 15 is 0 Å². The fourth-order valence-electron chi connectivity index (χ4n) is 1.77. The molecule has 0 saturated carbocycles. The maximum Gasteiger partial charge on any atom is 0.308 e. The molecule has 1 heterocycles. The number of carbonyl (C=O) groups is 1. The van der Waals surface area contributed by atoms with Gasteiger partial charge in [0, 0.05) is 7.11 Å². The van der Waals surface area contributed by atoms with Crippen LogP contribution in [0.2, 0.25) is 0 Å². The number of hydrogen-bond acceptors (Lipinski definition) is 5. The molecule has 1 N–H and O–H groups in total. The van der Waals surface area contributed by atoms with Gasteiger partial charge in [0.05, 0.1) is 12.5 Å². The van der Waals surface area contributed by atoms with Gasteiger partial charge in [-0.1, -0.05) is 13.8 Å². The molecule has 102 valence electrons. The first-order chi connectivity index (χ1) is 8.45. The molecule has 0 fully saturated rings. The molecular formula is C11H20N4O3. The summed E-state index contributed by atoms with van der Waals surface area (Å²) in [5, 5.41) is 20.5. The van der Waals surface area contributed by atoms with Crippen LogP contribution in [0.3, 0.4) is 0 Å². The molecule has 2 unspecified atom stereocenters. The Hall–Kier alpha value is -1.50. The topological polar surface area (TPSA) is 90.1 Å². The fraction of sp³-hybridized carbons (Fsp3) is 0.818. The van der Waals surface area contributed by atoms with Gasteiger partial charge in [-0.15, -0.1) is 5.10 Å². The van der Waals surface area contributed by atoms with Crippen molar-refractivity contribution in [3.05, 3.63) is 5.82 Å². The van der Waals surface area contributed by atoms with Gasteiger partial charge in [0.1, 0.15) is 6.10 Å². The zero-order valence-electron chi connectivity index (χ0n) is 11.2. The van der Waals surface area contributed by atoms with E-state index in [0.29, 0.717) is 18.2 Å². The molecule has 7 heteroatoms. The van der Waals surface area contributed by atoms with Crippen molar-refractivity contribution >= 4 is 5.97 Å². The Bertz CT molecular complexity index is 391. The fourth-order valence-corrected chi connectivity index (χ4v) is 1.77. The van der Waals surface area contributed by atoms with E-state index in [1.807, 2.05) is 20.8 Å². The second-order valence-corrected chi connectivity index (χ2v) is 4.76. The van der Waals surface area contributed by atoms with Crippen LogP contribution in [0.5, 0.6) is 0 Å². The average Bonchev–Trinajstić information content (AvgIpc) is 2.74. The summed E-state index contributed by atoms with van der Waals surface area (Å²) < 4.78 is 6.66. The minimum absolute atomic E-state index is 0.256. The highest BCUT2D eigenvalue weighted by Crippen LogP contribution is 2.17. The SMILES string of the molecule is COC(C)c1nnnn1CC(CC(C)C)C(=O)O. The van der Waals surface area contributed by atoms with Gasteiger partial charge in [0.2, 0.25) is 0 Å². The van der Waals surface area contributed by atoms with Crippen LogP contribution in [0, 0.1) is 11.8 Å². The van der Waals surface area contributed by atoms with E-state index in [1.165, 1.54) is 4.68 Å². The maximum atomic E-state index is 11.2. The van der Waals surface area contributed by atoms with Crippen molar-refractivity contribution in [1.29, 1.82) is 0 Å². The van der Waals surface area contributed by atoms with Crippen LogP contribution in [0.1, 0.15) is 39.1 Å². The highest BCUT2D eigenvalue weighted by Gasteiger charge is 2.23. The van der Waals surface area contributed by atoms with Crippen LogP contribution in [0.25, 0.3) is 0 Å². The minimum Gasteiger partial charge on any atom is -0.481 e. The molecule has 2 atom stereocenters. The van der Waals surface area contributed by atoms with Gasteiger partial charge in [-0.3, -0.25) is 4.79 Å². The first-order valence-corrected chi connectivity index (χ1v) is 5.97. The summed E-state index contributed by atoms with van der Waals surface area (Å²) in [6, 6.07) is 0. The number of aromatic nitrogens is 4. The lowest BCUT2D eigenvalue weighted by Crippen LogP contribution is -2.24. The van der Waals surface area contributed by atoms with E-state index < -0.39 is 11.9 Å². The summed E-state index contributed by atoms with van der Waals surface area (Å²) in [5.41, 5.74) is 0. The van der Waals surface area contributed by atoms with Crippen molar-refractivity contribution in [3.63, 3.8) is 0 Å².